The van der Waals surface area contributed by atoms with Crippen molar-refractivity contribution in [2.75, 3.05) is 37.0 Å². The van der Waals surface area contributed by atoms with Crippen LogP contribution in [-0.2, 0) is 14.2 Å². The number of alkyl halides is 4. The van der Waals surface area contributed by atoms with Gasteiger partial charge in [-0.05, 0) is 45.6 Å². The highest BCUT2D eigenvalue weighted by molar-refractivity contribution is 5.79. The van der Waals surface area contributed by atoms with Gasteiger partial charge in [0, 0.05) is 32.5 Å². The Labute approximate surface area is 229 Å². The van der Waals surface area contributed by atoms with Gasteiger partial charge in [-0.25, -0.2) is 19.3 Å². The zero-order valence-corrected chi connectivity index (χ0v) is 22.6. The molecule has 218 valence electrons. The Morgan fingerprint density at radius 3 is 2.65 bits per heavy atom. The normalized spacial score (nSPS) is 23.8. The van der Waals surface area contributed by atoms with E-state index in [2.05, 4.69) is 25.3 Å². The number of pyridine rings is 1. The third-order valence-electron chi connectivity index (χ3n) is 7.29. The summed E-state index contributed by atoms with van der Waals surface area (Å²) >= 11 is 0. The van der Waals surface area contributed by atoms with Crippen molar-refractivity contribution in [3.8, 4) is 0 Å². The van der Waals surface area contributed by atoms with Crippen molar-refractivity contribution in [1.82, 2.24) is 24.5 Å². The first-order valence-electron chi connectivity index (χ1n) is 13.4. The van der Waals surface area contributed by atoms with Crippen LogP contribution in [0.1, 0.15) is 57.5 Å². The van der Waals surface area contributed by atoms with Crippen LogP contribution in [0.3, 0.4) is 0 Å². The predicted molar refractivity (Wildman–Crippen MR) is 139 cm³/mol. The molecule has 5 atom stereocenters. The minimum Gasteiger partial charge on any atom is -0.378 e. The first-order chi connectivity index (χ1) is 19.1. The summed E-state index contributed by atoms with van der Waals surface area (Å²) in [5.74, 6) is 1.10. The van der Waals surface area contributed by atoms with E-state index in [1.165, 1.54) is 25.6 Å². The number of nitrogens with zero attached hydrogens (tertiary/aromatic N) is 6. The minimum atomic E-state index is -4.52. The van der Waals surface area contributed by atoms with Crippen LogP contribution < -0.4 is 10.2 Å². The standard InChI is InChI=1S/C26H33F4N7O3/c1-15(40-23-6-4-5-11-39-23)24-33-18-13-32-22(12-19(18)37(24)16(2)26(28,29)30)34-21-7-9-31-25(35-21)36-10-8-20(38-3)17(27)14-36/h7,9,12-13,15-17,20,23H,4-6,8,10-11,14H2,1-3H3,(H,31,32,34,35)/t15?,16-,17+,20-,23-/m1/s1. The van der Waals surface area contributed by atoms with E-state index in [4.69, 9.17) is 14.2 Å². The summed E-state index contributed by atoms with van der Waals surface area (Å²) in [6, 6.07) is 1.24. The summed E-state index contributed by atoms with van der Waals surface area (Å²) in [5, 5.41) is 3.03. The van der Waals surface area contributed by atoms with Crippen LogP contribution in [0.2, 0.25) is 0 Å². The van der Waals surface area contributed by atoms with Crippen LogP contribution in [-0.4, -0.2) is 76.1 Å². The van der Waals surface area contributed by atoms with E-state index in [-0.39, 0.29) is 23.7 Å². The molecule has 0 saturated carbocycles. The van der Waals surface area contributed by atoms with Gasteiger partial charge in [-0.15, -0.1) is 0 Å². The fourth-order valence-electron chi connectivity index (χ4n) is 5.06. The third kappa shape index (κ3) is 6.13. The molecule has 40 heavy (non-hydrogen) atoms. The number of imidazole rings is 1. The van der Waals surface area contributed by atoms with Gasteiger partial charge in [-0.3, -0.25) is 0 Å². The van der Waals surface area contributed by atoms with Crippen LogP contribution in [0, 0.1) is 0 Å². The summed E-state index contributed by atoms with van der Waals surface area (Å²) < 4.78 is 74.3. The SMILES string of the molecule is CO[C@@H]1CCN(c2nccc(Nc3cc4c(cn3)nc(C(C)O[C@@H]3CCCCO3)n4[C@H](C)C(F)(F)F)n2)C[C@@H]1F. The van der Waals surface area contributed by atoms with Crippen molar-refractivity contribution in [2.45, 2.75) is 76.4 Å². The second kappa shape index (κ2) is 11.8. The zero-order valence-electron chi connectivity index (χ0n) is 22.6. The van der Waals surface area contributed by atoms with E-state index in [0.29, 0.717) is 43.3 Å². The zero-order chi connectivity index (χ0) is 28.4. The molecule has 14 heteroatoms. The number of halogens is 4. The summed E-state index contributed by atoms with van der Waals surface area (Å²) in [6.07, 6.45) is -1.44. The van der Waals surface area contributed by atoms with Gasteiger partial charge in [0.15, 0.2) is 6.29 Å². The molecule has 2 aliphatic rings. The fourth-order valence-corrected chi connectivity index (χ4v) is 5.06. The lowest BCUT2D eigenvalue weighted by Gasteiger charge is -2.33. The average molecular weight is 568 g/mol. The molecule has 0 bridgehead atoms. The maximum absolute atomic E-state index is 14.4. The molecular weight excluding hydrogens is 534 g/mol. The van der Waals surface area contributed by atoms with E-state index in [0.717, 1.165) is 24.3 Å². The summed E-state index contributed by atoms with van der Waals surface area (Å²) in [4.78, 5) is 19.3. The van der Waals surface area contributed by atoms with Crippen LogP contribution >= 0.6 is 0 Å². The first-order valence-corrected chi connectivity index (χ1v) is 13.4. The average Bonchev–Trinajstić information content (AvgIpc) is 3.31. The quantitative estimate of drug-likeness (QED) is 0.366. The van der Waals surface area contributed by atoms with E-state index in [1.807, 2.05) is 0 Å². The van der Waals surface area contributed by atoms with Gasteiger partial charge in [0.1, 0.15) is 41.3 Å². The second-order valence-electron chi connectivity index (χ2n) is 10.1. The maximum Gasteiger partial charge on any atom is 0.408 e. The Morgan fingerprint density at radius 2 is 1.95 bits per heavy atom. The number of aromatic nitrogens is 5. The molecule has 2 fully saturated rings. The molecule has 1 N–H and O–H groups in total. The van der Waals surface area contributed by atoms with Crippen LogP contribution in [0.25, 0.3) is 11.0 Å². The van der Waals surface area contributed by atoms with Crippen molar-refractivity contribution < 1.29 is 31.8 Å². The summed E-state index contributed by atoms with van der Waals surface area (Å²) in [6.45, 7) is 3.93. The van der Waals surface area contributed by atoms with Gasteiger partial charge in [0.2, 0.25) is 5.95 Å². The second-order valence-corrected chi connectivity index (χ2v) is 10.1. The molecule has 2 saturated heterocycles. The van der Waals surface area contributed by atoms with Gasteiger partial charge in [-0.1, -0.05) is 0 Å². The Morgan fingerprint density at radius 1 is 1.12 bits per heavy atom. The van der Waals surface area contributed by atoms with Crippen molar-refractivity contribution in [2.24, 2.45) is 0 Å². The highest BCUT2D eigenvalue weighted by Gasteiger charge is 2.40. The predicted octanol–water partition coefficient (Wildman–Crippen LogP) is 5.26. The molecule has 0 aromatic carbocycles. The number of hydrogen-bond acceptors (Lipinski definition) is 9. The molecule has 0 spiro atoms. The van der Waals surface area contributed by atoms with Gasteiger partial charge < -0.3 is 29.0 Å². The van der Waals surface area contributed by atoms with E-state index in [9.17, 15) is 17.6 Å². The number of nitrogens with one attached hydrogen (secondary N) is 1. The highest BCUT2D eigenvalue weighted by Crippen LogP contribution is 2.37. The molecule has 5 rings (SSSR count). The van der Waals surface area contributed by atoms with Crippen molar-refractivity contribution in [3.05, 3.63) is 30.4 Å². The van der Waals surface area contributed by atoms with E-state index < -0.39 is 36.9 Å². The largest absolute Gasteiger partial charge is 0.408 e. The highest BCUT2D eigenvalue weighted by atomic mass is 19.4. The number of methoxy groups -OCH3 is 1. The lowest BCUT2D eigenvalue weighted by molar-refractivity contribution is -0.190. The minimum absolute atomic E-state index is 0.0929. The monoisotopic (exact) mass is 567 g/mol. The number of fused-ring (bicyclic) bond motifs is 1. The van der Waals surface area contributed by atoms with Gasteiger partial charge in [0.25, 0.3) is 0 Å². The van der Waals surface area contributed by atoms with Crippen LogP contribution in [0.15, 0.2) is 24.5 Å². The Bertz CT molecular complexity index is 1300. The summed E-state index contributed by atoms with van der Waals surface area (Å²) in [7, 11) is 1.49. The van der Waals surface area contributed by atoms with Crippen molar-refractivity contribution in [3.63, 3.8) is 0 Å². The third-order valence-corrected chi connectivity index (χ3v) is 7.29. The van der Waals surface area contributed by atoms with Crippen LogP contribution in [0.4, 0.5) is 35.1 Å². The summed E-state index contributed by atoms with van der Waals surface area (Å²) in [5.41, 5.74) is 0.545. The molecule has 0 amide bonds. The molecule has 3 aromatic heterocycles. The lowest BCUT2D eigenvalue weighted by Crippen LogP contribution is -2.46. The lowest BCUT2D eigenvalue weighted by atomic mass is 10.1. The van der Waals surface area contributed by atoms with Crippen molar-refractivity contribution in [1.29, 1.82) is 0 Å². The Balaban J connectivity index is 1.42. The molecule has 0 radical (unpaired) electrons. The molecule has 10 nitrogen and oxygen atoms in total. The van der Waals surface area contributed by atoms with Crippen LogP contribution in [0.5, 0.6) is 0 Å². The first kappa shape index (κ1) is 28.4. The molecule has 2 aliphatic heterocycles. The van der Waals surface area contributed by atoms with Crippen molar-refractivity contribution >= 4 is 28.6 Å². The van der Waals surface area contributed by atoms with E-state index >= 15 is 0 Å². The molecule has 3 aromatic rings. The Kier molecular flexibility index (Phi) is 8.38. The van der Waals surface area contributed by atoms with Gasteiger partial charge >= 0.3 is 6.18 Å². The molecule has 0 aliphatic carbocycles. The van der Waals surface area contributed by atoms with Gasteiger partial charge in [-0.2, -0.15) is 18.2 Å². The topological polar surface area (TPSA) is 99.5 Å². The fraction of sp³-hybridized carbons (Fsp3) is 0.615. The molecule has 1 unspecified atom stereocenters. The number of ether oxygens (including phenoxy) is 3. The number of anilines is 3. The van der Waals surface area contributed by atoms with Gasteiger partial charge in [0.05, 0.1) is 24.4 Å². The Hall–Kier alpha value is -3.10. The molecular formula is C26H33F4N7O3. The maximum atomic E-state index is 14.4. The number of rotatable bonds is 8. The number of hydrogen-bond donors (Lipinski definition) is 1. The smallest absolute Gasteiger partial charge is 0.378 e. The number of piperidine rings is 1. The van der Waals surface area contributed by atoms with E-state index in [1.54, 1.807) is 17.9 Å². The molecule has 5 heterocycles.